The van der Waals surface area contributed by atoms with Crippen LogP contribution in [0.25, 0.3) is 0 Å². The van der Waals surface area contributed by atoms with E-state index in [9.17, 15) is 4.79 Å². The normalized spacial score (nSPS) is 18.0. The molecule has 1 aromatic carbocycles. The molecule has 23 heavy (non-hydrogen) atoms. The smallest absolute Gasteiger partial charge is 0.341 e. The van der Waals surface area contributed by atoms with E-state index in [0.29, 0.717) is 11.8 Å². The number of ether oxygens (including phenoxy) is 1. The Bertz CT molecular complexity index is 646. The van der Waals surface area contributed by atoms with Gasteiger partial charge >= 0.3 is 5.97 Å². The number of hydrogen-bond donors (Lipinski definition) is 1. The predicted molar refractivity (Wildman–Crippen MR) is 84.0 cm³/mol. The summed E-state index contributed by atoms with van der Waals surface area (Å²) in [6, 6.07) is 7.88. The van der Waals surface area contributed by atoms with Crippen LogP contribution in [0, 0.1) is 0 Å². The van der Waals surface area contributed by atoms with E-state index >= 15 is 0 Å². The van der Waals surface area contributed by atoms with Crippen molar-refractivity contribution in [1.82, 2.24) is 14.9 Å². The van der Waals surface area contributed by atoms with Gasteiger partial charge in [-0.15, -0.1) is 0 Å². The van der Waals surface area contributed by atoms with E-state index < -0.39 is 5.97 Å². The van der Waals surface area contributed by atoms with Crippen LogP contribution in [-0.4, -0.2) is 39.1 Å². The molecule has 1 aliphatic heterocycles. The molecule has 6 heteroatoms. The van der Waals surface area contributed by atoms with Gasteiger partial charge in [-0.05, 0) is 37.1 Å². The van der Waals surface area contributed by atoms with Crippen LogP contribution in [0.5, 0.6) is 5.75 Å². The van der Waals surface area contributed by atoms with Crippen LogP contribution in [0.4, 0.5) is 0 Å². The number of nitrogens with zero attached hydrogens (tertiary/aromatic N) is 3. The average molecular weight is 313 g/mol. The topological polar surface area (TPSA) is 75.6 Å². The average Bonchev–Trinajstić information content (AvgIpc) is 3.03. The Morgan fingerprint density at radius 3 is 2.83 bits per heavy atom. The summed E-state index contributed by atoms with van der Waals surface area (Å²) in [5.41, 5.74) is 2.19. The van der Waals surface area contributed by atoms with E-state index in [1.54, 1.807) is 12.4 Å². The van der Waals surface area contributed by atoms with E-state index in [2.05, 4.69) is 14.9 Å². The highest BCUT2D eigenvalue weighted by Crippen LogP contribution is 2.31. The minimum atomic E-state index is -0.974. The monoisotopic (exact) mass is 313 g/mol. The Morgan fingerprint density at radius 1 is 1.30 bits per heavy atom. The Kier molecular flexibility index (Phi) is 4.83. The van der Waals surface area contributed by atoms with E-state index in [-0.39, 0.29) is 6.61 Å². The largest absolute Gasteiger partial charge is 0.482 e. The molecule has 0 bridgehead atoms. The van der Waals surface area contributed by atoms with Gasteiger partial charge in [-0.1, -0.05) is 12.1 Å². The molecule has 1 fully saturated rings. The number of likely N-dealkylation sites (tertiary alicyclic amines) is 1. The summed E-state index contributed by atoms with van der Waals surface area (Å²) >= 11 is 0. The lowest BCUT2D eigenvalue weighted by molar-refractivity contribution is -0.139. The first-order valence-electron chi connectivity index (χ1n) is 7.66. The van der Waals surface area contributed by atoms with E-state index in [0.717, 1.165) is 31.6 Å². The lowest BCUT2D eigenvalue weighted by Gasteiger charge is -2.23. The summed E-state index contributed by atoms with van der Waals surface area (Å²) in [5.74, 6) is -0.402. The van der Waals surface area contributed by atoms with Crippen LogP contribution in [0.3, 0.4) is 0 Å². The number of rotatable bonds is 6. The van der Waals surface area contributed by atoms with E-state index in [4.69, 9.17) is 9.84 Å². The molecule has 1 saturated heterocycles. The number of aromatic nitrogens is 2. The first-order chi connectivity index (χ1) is 11.2. The fourth-order valence-corrected chi connectivity index (χ4v) is 2.90. The second-order valence-corrected chi connectivity index (χ2v) is 5.59. The van der Waals surface area contributed by atoms with Gasteiger partial charge in [-0.3, -0.25) is 14.9 Å². The number of benzene rings is 1. The molecule has 6 nitrogen and oxygen atoms in total. The highest BCUT2D eigenvalue weighted by molar-refractivity contribution is 5.68. The van der Waals surface area contributed by atoms with Gasteiger partial charge in [0.2, 0.25) is 0 Å². The van der Waals surface area contributed by atoms with Gasteiger partial charge in [-0.2, -0.15) is 0 Å². The zero-order chi connectivity index (χ0) is 16.1. The van der Waals surface area contributed by atoms with Crippen molar-refractivity contribution in [3.8, 4) is 5.75 Å². The molecule has 1 aromatic heterocycles. The van der Waals surface area contributed by atoms with Crippen LogP contribution in [0.1, 0.15) is 30.1 Å². The summed E-state index contributed by atoms with van der Waals surface area (Å²) in [6.07, 6.45) is 7.52. The number of hydrogen-bond acceptors (Lipinski definition) is 5. The van der Waals surface area contributed by atoms with Crippen molar-refractivity contribution in [1.29, 1.82) is 0 Å². The molecule has 0 aliphatic carbocycles. The van der Waals surface area contributed by atoms with Gasteiger partial charge in [0.05, 0.1) is 11.7 Å². The second kappa shape index (κ2) is 7.19. The van der Waals surface area contributed by atoms with Gasteiger partial charge in [0.15, 0.2) is 6.61 Å². The molecule has 2 heterocycles. The Hall–Kier alpha value is -2.47. The summed E-state index contributed by atoms with van der Waals surface area (Å²) in [5, 5.41) is 8.61. The summed E-state index contributed by atoms with van der Waals surface area (Å²) in [6.45, 7) is 1.55. The lowest BCUT2D eigenvalue weighted by Crippen LogP contribution is -2.23. The molecule has 0 radical (unpaired) electrons. The van der Waals surface area contributed by atoms with Gasteiger partial charge in [-0.25, -0.2) is 4.79 Å². The molecule has 0 unspecified atom stereocenters. The van der Waals surface area contributed by atoms with Crippen LogP contribution in [-0.2, 0) is 11.3 Å². The Labute approximate surface area is 134 Å². The minimum Gasteiger partial charge on any atom is -0.482 e. The zero-order valence-corrected chi connectivity index (χ0v) is 12.8. The minimum absolute atomic E-state index is 0.312. The van der Waals surface area contributed by atoms with Crippen molar-refractivity contribution >= 4 is 5.97 Å². The Morgan fingerprint density at radius 2 is 2.13 bits per heavy atom. The molecule has 1 aliphatic rings. The molecule has 1 atom stereocenters. The lowest BCUT2D eigenvalue weighted by atomic mass is 10.1. The van der Waals surface area contributed by atoms with Crippen LogP contribution >= 0.6 is 0 Å². The quantitative estimate of drug-likeness (QED) is 0.882. The van der Waals surface area contributed by atoms with E-state index in [1.165, 1.54) is 5.56 Å². The third kappa shape index (κ3) is 4.04. The third-order valence-corrected chi connectivity index (χ3v) is 3.96. The summed E-state index contributed by atoms with van der Waals surface area (Å²) in [4.78, 5) is 21.5. The SMILES string of the molecule is O=C(O)COc1ccc(CN2CCC[C@@H]2c2cnccn2)cc1. The maximum Gasteiger partial charge on any atom is 0.341 e. The van der Waals surface area contributed by atoms with Gasteiger partial charge in [0.25, 0.3) is 0 Å². The number of carbonyl (C=O) groups is 1. The fourth-order valence-electron chi connectivity index (χ4n) is 2.90. The predicted octanol–water partition coefficient (Wildman–Crippen LogP) is 2.28. The molecule has 2 aromatic rings. The van der Waals surface area contributed by atoms with Crippen molar-refractivity contribution in [3.63, 3.8) is 0 Å². The highest BCUT2D eigenvalue weighted by atomic mass is 16.5. The maximum atomic E-state index is 10.5. The van der Waals surface area contributed by atoms with E-state index in [1.807, 2.05) is 30.5 Å². The highest BCUT2D eigenvalue weighted by Gasteiger charge is 2.27. The summed E-state index contributed by atoms with van der Waals surface area (Å²) < 4.78 is 5.15. The van der Waals surface area contributed by atoms with Crippen LogP contribution in [0.2, 0.25) is 0 Å². The van der Waals surface area contributed by atoms with Crippen LogP contribution < -0.4 is 4.74 Å². The molecular weight excluding hydrogens is 294 g/mol. The third-order valence-electron chi connectivity index (χ3n) is 3.96. The first-order valence-corrected chi connectivity index (χ1v) is 7.66. The molecule has 120 valence electrons. The maximum absolute atomic E-state index is 10.5. The second-order valence-electron chi connectivity index (χ2n) is 5.59. The molecule has 0 amide bonds. The summed E-state index contributed by atoms with van der Waals surface area (Å²) in [7, 11) is 0. The van der Waals surface area contributed by atoms with Crippen molar-refractivity contribution in [2.75, 3.05) is 13.2 Å². The zero-order valence-electron chi connectivity index (χ0n) is 12.8. The van der Waals surface area contributed by atoms with Crippen molar-refractivity contribution < 1.29 is 14.6 Å². The molecule has 3 rings (SSSR count). The van der Waals surface area contributed by atoms with Crippen LogP contribution in [0.15, 0.2) is 42.9 Å². The van der Waals surface area contributed by atoms with Crippen molar-refractivity contribution in [2.45, 2.75) is 25.4 Å². The van der Waals surface area contributed by atoms with Gasteiger partial charge < -0.3 is 9.84 Å². The molecule has 0 saturated carbocycles. The first kappa shape index (κ1) is 15.4. The number of aliphatic carboxylic acids is 1. The molecular formula is C17H19N3O3. The fraction of sp³-hybridized carbons (Fsp3) is 0.353. The number of carboxylic acid groups (broad SMARTS) is 1. The van der Waals surface area contributed by atoms with Crippen molar-refractivity contribution in [3.05, 3.63) is 54.1 Å². The Balaban J connectivity index is 1.63. The standard InChI is InChI=1S/C17H19N3O3/c21-17(22)12-23-14-5-3-13(4-6-14)11-20-9-1-2-16(20)15-10-18-7-8-19-15/h3-8,10,16H,1-2,9,11-12H2,(H,21,22)/t16-/m1/s1. The van der Waals surface area contributed by atoms with Crippen molar-refractivity contribution in [2.24, 2.45) is 0 Å². The molecule has 0 spiro atoms. The number of carboxylic acids is 1. The molecule has 1 N–H and O–H groups in total. The van der Waals surface area contributed by atoms with Gasteiger partial charge in [0.1, 0.15) is 5.75 Å². The van der Waals surface area contributed by atoms with Gasteiger partial charge in [0, 0.05) is 25.1 Å².